The fourth-order valence-corrected chi connectivity index (χ4v) is 3.16. The van der Waals surface area contributed by atoms with E-state index in [1.165, 1.54) is 13.2 Å². The van der Waals surface area contributed by atoms with Crippen molar-refractivity contribution in [2.24, 2.45) is 5.14 Å². The van der Waals surface area contributed by atoms with Crippen molar-refractivity contribution in [3.63, 3.8) is 0 Å². The number of aromatic nitrogens is 2. The first-order chi connectivity index (χ1) is 12.0. The van der Waals surface area contributed by atoms with Gasteiger partial charge in [-0.1, -0.05) is 30.3 Å². The molecule has 0 aliphatic carbocycles. The quantitative estimate of drug-likeness (QED) is 0.727. The Balaban J connectivity index is 2.30. The van der Waals surface area contributed by atoms with Crippen molar-refractivity contribution < 1.29 is 13.2 Å². The third-order valence-corrected chi connectivity index (χ3v) is 4.47. The van der Waals surface area contributed by atoms with Gasteiger partial charge in [0.2, 0.25) is 16.0 Å². The minimum atomic E-state index is -3.98. The molecule has 0 atom stereocenters. The van der Waals surface area contributed by atoms with E-state index in [9.17, 15) is 8.42 Å². The van der Waals surface area contributed by atoms with Crippen LogP contribution in [0.25, 0.3) is 11.1 Å². The molecular weight excluding hydrogens is 340 g/mol. The SMILES string of the molecule is COc1ccc(S(N)(=O)=O)c(Nc2ncccn2)c1-c1ccccc1. The summed E-state index contributed by atoms with van der Waals surface area (Å²) in [6.45, 7) is 0. The Morgan fingerprint density at radius 3 is 2.28 bits per heavy atom. The summed E-state index contributed by atoms with van der Waals surface area (Å²) in [5, 5.41) is 8.36. The Morgan fingerprint density at radius 1 is 1.00 bits per heavy atom. The van der Waals surface area contributed by atoms with Crippen LogP contribution in [0, 0.1) is 0 Å². The molecule has 0 spiro atoms. The lowest BCUT2D eigenvalue weighted by atomic mass is 10.0. The Bertz CT molecular complexity index is 978. The lowest BCUT2D eigenvalue weighted by molar-refractivity contribution is 0.416. The Morgan fingerprint density at radius 2 is 1.68 bits per heavy atom. The van der Waals surface area contributed by atoms with Crippen LogP contribution in [0.15, 0.2) is 65.8 Å². The van der Waals surface area contributed by atoms with Crippen LogP contribution in [0.5, 0.6) is 5.75 Å². The first-order valence-corrected chi connectivity index (χ1v) is 8.88. The number of hydrogen-bond acceptors (Lipinski definition) is 6. The van der Waals surface area contributed by atoms with Crippen LogP contribution >= 0.6 is 0 Å². The number of nitrogens with one attached hydrogen (secondary N) is 1. The second-order valence-corrected chi connectivity index (χ2v) is 6.65. The van der Waals surface area contributed by atoms with Gasteiger partial charge in [0, 0.05) is 18.0 Å². The molecule has 2 aromatic carbocycles. The third-order valence-electron chi connectivity index (χ3n) is 3.52. The molecule has 3 N–H and O–H groups in total. The maximum Gasteiger partial charge on any atom is 0.240 e. The molecule has 8 heteroatoms. The number of hydrogen-bond donors (Lipinski definition) is 2. The first-order valence-electron chi connectivity index (χ1n) is 7.34. The second kappa shape index (κ2) is 6.88. The molecule has 0 aliphatic heterocycles. The van der Waals surface area contributed by atoms with E-state index < -0.39 is 10.0 Å². The van der Waals surface area contributed by atoms with Gasteiger partial charge in [-0.2, -0.15) is 0 Å². The monoisotopic (exact) mass is 356 g/mol. The number of primary sulfonamides is 1. The molecule has 1 aromatic heterocycles. The van der Waals surface area contributed by atoms with Crippen molar-refractivity contribution in [3.05, 3.63) is 60.9 Å². The lowest BCUT2D eigenvalue weighted by Gasteiger charge is -2.18. The average Bonchev–Trinajstić information content (AvgIpc) is 2.62. The lowest BCUT2D eigenvalue weighted by Crippen LogP contribution is -2.15. The molecule has 0 radical (unpaired) electrons. The molecule has 3 rings (SSSR count). The zero-order valence-corrected chi connectivity index (χ0v) is 14.2. The largest absolute Gasteiger partial charge is 0.496 e. The summed E-state index contributed by atoms with van der Waals surface area (Å²) in [7, 11) is -2.47. The molecule has 0 saturated heterocycles. The van der Waals surface area contributed by atoms with Crippen LogP contribution in [0.3, 0.4) is 0 Å². The summed E-state index contributed by atoms with van der Waals surface area (Å²) in [5.74, 6) is 0.745. The molecule has 0 amide bonds. The highest BCUT2D eigenvalue weighted by Gasteiger charge is 2.22. The number of ether oxygens (including phenoxy) is 1. The highest BCUT2D eigenvalue weighted by atomic mass is 32.2. The molecule has 0 fully saturated rings. The van der Waals surface area contributed by atoms with Gasteiger partial charge in [0.25, 0.3) is 0 Å². The van der Waals surface area contributed by atoms with E-state index in [0.717, 1.165) is 5.56 Å². The molecule has 0 aliphatic rings. The van der Waals surface area contributed by atoms with Gasteiger partial charge in [-0.3, -0.25) is 0 Å². The summed E-state index contributed by atoms with van der Waals surface area (Å²) >= 11 is 0. The minimum Gasteiger partial charge on any atom is -0.496 e. The predicted molar refractivity (Wildman–Crippen MR) is 95.1 cm³/mol. The molecular formula is C17H16N4O3S. The van der Waals surface area contributed by atoms with Crippen molar-refractivity contribution >= 4 is 21.7 Å². The van der Waals surface area contributed by atoms with Gasteiger partial charge in [0.05, 0.1) is 12.8 Å². The van der Waals surface area contributed by atoms with E-state index in [2.05, 4.69) is 15.3 Å². The zero-order chi connectivity index (χ0) is 17.9. The summed E-state index contributed by atoms with van der Waals surface area (Å²) in [6, 6.07) is 13.9. The van der Waals surface area contributed by atoms with Gasteiger partial charge in [-0.25, -0.2) is 23.5 Å². The first kappa shape index (κ1) is 16.9. The Kier molecular flexibility index (Phi) is 4.64. The molecule has 7 nitrogen and oxygen atoms in total. The molecule has 25 heavy (non-hydrogen) atoms. The smallest absolute Gasteiger partial charge is 0.240 e. The molecule has 0 unspecified atom stereocenters. The van der Waals surface area contributed by atoms with Crippen molar-refractivity contribution in [1.29, 1.82) is 0 Å². The Labute approximate surface area is 145 Å². The van der Waals surface area contributed by atoms with Crippen LogP contribution < -0.4 is 15.2 Å². The summed E-state index contributed by atoms with van der Waals surface area (Å²) in [4.78, 5) is 8.11. The maximum atomic E-state index is 12.1. The van der Waals surface area contributed by atoms with Gasteiger partial charge >= 0.3 is 0 Å². The summed E-state index contributed by atoms with van der Waals surface area (Å²) < 4.78 is 29.6. The number of methoxy groups -OCH3 is 1. The predicted octanol–water partition coefficient (Wildman–Crippen LogP) is 2.54. The molecule has 1 heterocycles. The molecule has 0 saturated carbocycles. The van der Waals surface area contributed by atoms with Gasteiger partial charge < -0.3 is 10.1 Å². The fourth-order valence-electron chi connectivity index (χ4n) is 2.46. The van der Waals surface area contributed by atoms with E-state index in [1.54, 1.807) is 24.5 Å². The number of anilines is 2. The fraction of sp³-hybridized carbons (Fsp3) is 0.0588. The van der Waals surface area contributed by atoms with Crippen LogP contribution in [-0.2, 0) is 10.0 Å². The number of nitrogens with zero attached hydrogens (tertiary/aromatic N) is 2. The van der Waals surface area contributed by atoms with E-state index in [1.807, 2.05) is 30.3 Å². The van der Waals surface area contributed by atoms with Gasteiger partial charge in [-0.05, 0) is 23.8 Å². The van der Waals surface area contributed by atoms with Crippen LogP contribution in [0.1, 0.15) is 0 Å². The minimum absolute atomic E-state index is 0.0698. The number of sulfonamides is 1. The highest BCUT2D eigenvalue weighted by Crippen LogP contribution is 2.41. The van der Waals surface area contributed by atoms with Crippen molar-refractivity contribution in [1.82, 2.24) is 9.97 Å². The highest BCUT2D eigenvalue weighted by molar-refractivity contribution is 7.89. The molecule has 0 bridgehead atoms. The number of benzene rings is 2. The van der Waals surface area contributed by atoms with Crippen molar-refractivity contribution in [2.75, 3.05) is 12.4 Å². The van der Waals surface area contributed by atoms with Gasteiger partial charge in [0.15, 0.2) is 0 Å². The molecule has 128 valence electrons. The van der Waals surface area contributed by atoms with Crippen molar-refractivity contribution in [3.8, 4) is 16.9 Å². The van der Waals surface area contributed by atoms with E-state index in [4.69, 9.17) is 9.88 Å². The van der Waals surface area contributed by atoms with Gasteiger partial charge in [-0.15, -0.1) is 0 Å². The van der Waals surface area contributed by atoms with Gasteiger partial charge in [0.1, 0.15) is 10.6 Å². The normalized spacial score (nSPS) is 11.1. The van der Waals surface area contributed by atoms with Crippen LogP contribution in [-0.4, -0.2) is 25.5 Å². The molecule has 3 aromatic rings. The summed E-state index contributed by atoms with van der Waals surface area (Å²) in [5.41, 5.74) is 1.59. The van der Waals surface area contributed by atoms with Crippen LogP contribution in [0.2, 0.25) is 0 Å². The zero-order valence-electron chi connectivity index (χ0n) is 13.4. The van der Waals surface area contributed by atoms with E-state index in [-0.39, 0.29) is 16.5 Å². The number of rotatable bonds is 5. The number of nitrogens with two attached hydrogens (primary N) is 1. The maximum absolute atomic E-state index is 12.1. The summed E-state index contributed by atoms with van der Waals surface area (Å²) in [6.07, 6.45) is 3.10. The van der Waals surface area contributed by atoms with E-state index >= 15 is 0 Å². The average molecular weight is 356 g/mol. The van der Waals surface area contributed by atoms with E-state index in [0.29, 0.717) is 11.3 Å². The Hall–Kier alpha value is -2.97. The topological polar surface area (TPSA) is 107 Å². The standard InChI is InChI=1S/C17H16N4O3S/c1-24-13-8-9-14(25(18,22)23)16(21-17-19-10-5-11-20-17)15(13)12-6-3-2-4-7-12/h2-11H,1H3,(H2,18,22,23)(H,19,20,21). The third kappa shape index (κ3) is 3.59. The second-order valence-electron chi connectivity index (χ2n) is 5.12. The van der Waals surface area contributed by atoms with Crippen LogP contribution in [0.4, 0.5) is 11.6 Å². The van der Waals surface area contributed by atoms with Crippen molar-refractivity contribution in [2.45, 2.75) is 4.90 Å².